The zero-order chi connectivity index (χ0) is 23.5. The van der Waals surface area contributed by atoms with E-state index in [4.69, 9.17) is 0 Å². The fraction of sp³-hybridized carbons (Fsp3) is 0.375. The summed E-state index contributed by atoms with van der Waals surface area (Å²) < 4.78 is 26.0. The SMILES string of the molecule is CCc1ccc(-c2ccc([C@@]3(CC(=O)NO)CCN(Cc4cccs4)CCS3(=O)=O)s2)cc1.Cl. The van der Waals surface area contributed by atoms with E-state index >= 15 is 0 Å². The summed E-state index contributed by atoms with van der Waals surface area (Å²) in [5.41, 5.74) is 3.92. The van der Waals surface area contributed by atoms with Crippen LogP contribution in [-0.4, -0.2) is 43.3 Å². The van der Waals surface area contributed by atoms with Gasteiger partial charge in [-0.05, 0) is 47.5 Å². The van der Waals surface area contributed by atoms with Crippen molar-refractivity contribution >= 4 is 50.8 Å². The van der Waals surface area contributed by atoms with Crippen LogP contribution in [0.3, 0.4) is 0 Å². The van der Waals surface area contributed by atoms with Crippen LogP contribution >= 0.6 is 35.1 Å². The minimum Gasteiger partial charge on any atom is -0.297 e. The second-order valence-corrected chi connectivity index (χ2v) is 12.9. The van der Waals surface area contributed by atoms with E-state index in [0.29, 0.717) is 30.9 Å². The lowest BCUT2D eigenvalue weighted by Gasteiger charge is -2.30. The van der Waals surface area contributed by atoms with Crippen molar-refractivity contribution in [2.24, 2.45) is 0 Å². The Morgan fingerprint density at radius 2 is 1.91 bits per heavy atom. The molecule has 0 radical (unpaired) electrons. The standard InChI is InChI=1S/C24H28N2O4S3.ClH/c1-2-18-5-7-19(8-6-18)21-9-10-22(32-21)24(16-23(27)25-28)11-12-26(13-15-33(24,29)30)17-20-4-3-14-31-20;/h3-10,14,28H,2,11-13,15-17H2,1H3,(H,25,27);1H/t24-;/m0./s1. The molecule has 2 aromatic heterocycles. The minimum atomic E-state index is -3.67. The average molecular weight is 541 g/mol. The van der Waals surface area contributed by atoms with Gasteiger partial charge in [0.05, 0.1) is 12.2 Å². The maximum atomic E-state index is 13.7. The molecule has 0 saturated carbocycles. The van der Waals surface area contributed by atoms with Crippen LogP contribution in [0.15, 0.2) is 53.9 Å². The molecule has 1 fully saturated rings. The molecule has 184 valence electrons. The Labute approximate surface area is 214 Å². The van der Waals surface area contributed by atoms with Crippen LogP contribution in [0, 0.1) is 0 Å². The molecule has 6 nitrogen and oxygen atoms in total. The molecule has 1 aliphatic heterocycles. The molecule has 1 saturated heterocycles. The number of sulfone groups is 1. The molecule has 3 heterocycles. The summed E-state index contributed by atoms with van der Waals surface area (Å²) in [5, 5.41) is 11.2. The fourth-order valence-corrected chi connectivity index (χ4v) is 8.73. The van der Waals surface area contributed by atoms with E-state index in [-0.39, 0.29) is 24.6 Å². The Morgan fingerprint density at radius 3 is 2.56 bits per heavy atom. The maximum Gasteiger partial charge on any atom is 0.245 e. The van der Waals surface area contributed by atoms with E-state index in [9.17, 15) is 18.4 Å². The second kappa shape index (κ2) is 11.3. The van der Waals surface area contributed by atoms with Crippen molar-refractivity contribution in [3.63, 3.8) is 0 Å². The predicted octanol–water partition coefficient (Wildman–Crippen LogP) is 4.87. The molecule has 1 atom stereocenters. The number of halogens is 1. The molecular formula is C24H29ClN2O4S3. The second-order valence-electron chi connectivity index (χ2n) is 8.34. The normalized spacial score (nSPS) is 20.3. The van der Waals surface area contributed by atoms with Crippen molar-refractivity contribution in [3.8, 4) is 10.4 Å². The number of benzene rings is 1. The Hall–Kier alpha value is -1.75. The van der Waals surface area contributed by atoms with Crippen LogP contribution in [-0.2, 0) is 32.3 Å². The van der Waals surface area contributed by atoms with Crippen LogP contribution in [0.1, 0.15) is 35.1 Å². The molecule has 1 aliphatic rings. The van der Waals surface area contributed by atoms with Gasteiger partial charge in [0.15, 0.2) is 9.84 Å². The molecular weight excluding hydrogens is 512 g/mol. The van der Waals surface area contributed by atoms with Crippen molar-refractivity contribution in [2.75, 3.05) is 18.8 Å². The van der Waals surface area contributed by atoms with Crippen LogP contribution in [0.25, 0.3) is 10.4 Å². The third-order valence-electron chi connectivity index (χ3n) is 6.34. The van der Waals surface area contributed by atoms with E-state index in [1.807, 2.05) is 41.8 Å². The molecule has 3 aromatic rings. The lowest BCUT2D eigenvalue weighted by atomic mass is 9.97. The van der Waals surface area contributed by atoms with Crippen LogP contribution < -0.4 is 5.48 Å². The highest BCUT2D eigenvalue weighted by atomic mass is 35.5. The molecule has 4 rings (SSSR count). The van der Waals surface area contributed by atoms with E-state index in [2.05, 4.69) is 24.0 Å². The summed E-state index contributed by atoms with van der Waals surface area (Å²) in [5.74, 6) is -0.720. The first-order valence-corrected chi connectivity index (χ1v) is 14.3. The summed E-state index contributed by atoms with van der Waals surface area (Å²) in [6.45, 7) is 3.76. The molecule has 0 bridgehead atoms. The highest BCUT2D eigenvalue weighted by Crippen LogP contribution is 2.45. The first kappa shape index (κ1) is 26.8. The van der Waals surface area contributed by atoms with Gasteiger partial charge in [0.1, 0.15) is 4.75 Å². The topological polar surface area (TPSA) is 86.7 Å². The summed E-state index contributed by atoms with van der Waals surface area (Å²) in [7, 11) is -3.67. The molecule has 1 aromatic carbocycles. The van der Waals surface area contributed by atoms with Crippen molar-refractivity contribution in [1.82, 2.24) is 10.4 Å². The van der Waals surface area contributed by atoms with E-state index in [1.165, 1.54) is 21.8 Å². The number of hydroxylamine groups is 1. The zero-order valence-corrected chi connectivity index (χ0v) is 22.2. The Kier molecular flexibility index (Phi) is 8.94. The number of hydrogen-bond donors (Lipinski definition) is 2. The first-order chi connectivity index (χ1) is 15.9. The van der Waals surface area contributed by atoms with Crippen molar-refractivity contribution in [3.05, 3.63) is 69.2 Å². The largest absolute Gasteiger partial charge is 0.297 e. The van der Waals surface area contributed by atoms with E-state index < -0.39 is 20.5 Å². The van der Waals surface area contributed by atoms with Gasteiger partial charge in [-0.25, -0.2) is 13.9 Å². The van der Waals surface area contributed by atoms with Gasteiger partial charge in [0.2, 0.25) is 5.91 Å². The molecule has 0 aliphatic carbocycles. The number of thiophene rings is 2. The predicted molar refractivity (Wildman–Crippen MR) is 141 cm³/mol. The molecule has 1 amide bonds. The van der Waals surface area contributed by atoms with E-state index in [1.54, 1.807) is 16.8 Å². The molecule has 34 heavy (non-hydrogen) atoms. The summed E-state index contributed by atoms with van der Waals surface area (Å²) in [6, 6.07) is 16.1. The van der Waals surface area contributed by atoms with Crippen molar-refractivity contribution in [2.45, 2.75) is 37.5 Å². The fourth-order valence-electron chi connectivity index (χ4n) is 4.34. The number of carbonyl (C=O) groups excluding carboxylic acids is 1. The van der Waals surface area contributed by atoms with Gasteiger partial charge in [-0.1, -0.05) is 37.3 Å². The summed E-state index contributed by atoms with van der Waals surface area (Å²) in [6.07, 6.45) is 0.950. The Morgan fingerprint density at radius 1 is 1.15 bits per heavy atom. The number of hydrogen-bond acceptors (Lipinski definition) is 7. The summed E-state index contributed by atoms with van der Waals surface area (Å²) in [4.78, 5) is 17.2. The Balaban J connectivity index is 0.00000324. The van der Waals surface area contributed by atoms with E-state index in [0.717, 1.165) is 16.9 Å². The molecule has 10 heteroatoms. The van der Waals surface area contributed by atoms with Crippen molar-refractivity contribution < 1.29 is 18.4 Å². The Bertz CT molecular complexity index is 1190. The third-order valence-corrected chi connectivity index (χ3v) is 11.1. The number of amides is 1. The number of rotatable bonds is 7. The number of aryl methyl sites for hydroxylation is 1. The lowest BCUT2D eigenvalue weighted by molar-refractivity contribution is -0.130. The number of nitrogens with zero attached hydrogens (tertiary/aromatic N) is 1. The van der Waals surface area contributed by atoms with Gasteiger partial charge in [0.25, 0.3) is 0 Å². The van der Waals surface area contributed by atoms with Gasteiger partial charge in [0, 0.05) is 34.3 Å². The molecule has 2 N–H and O–H groups in total. The maximum absolute atomic E-state index is 13.7. The average Bonchev–Trinajstić information content (AvgIpc) is 3.50. The number of nitrogens with one attached hydrogen (secondary N) is 1. The van der Waals surface area contributed by atoms with Crippen molar-refractivity contribution in [1.29, 1.82) is 0 Å². The van der Waals surface area contributed by atoms with Crippen LogP contribution in [0.2, 0.25) is 0 Å². The lowest BCUT2D eigenvalue weighted by Crippen LogP contribution is -2.41. The van der Waals surface area contributed by atoms with Crippen LogP contribution in [0.5, 0.6) is 0 Å². The minimum absolute atomic E-state index is 0. The van der Waals surface area contributed by atoms with Gasteiger partial charge < -0.3 is 0 Å². The quantitative estimate of drug-likeness (QED) is 0.330. The highest BCUT2D eigenvalue weighted by Gasteiger charge is 2.49. The van der Waals surface area contributed by atoms with Gasteiger partial charge in [-0.3, -0.25) is 14.9 Å². The van der Waals surface area contributed by atoms with Crippen LogP contribution in [0.4, 0.5) is 0 Å². The summed E-state index contributed by atoms with van der Waals surface area (Å²) >= 11 is 3.07. The van der Waals surface area contributed by atoms with Gasteiger partial charge >= 0.3 is 0 Å². The van der Waals surface area contributed by atoms with Gasteiger partial charge in [-0.15, -0.1) is 35.1 Å². The monoisotopic (exact) mass is 540 g/mol. The zero-order valence-electron chi connectivity index (χ0n) is 18.9. The number of carbonyl (C=O) groups is 1. The molecule has 0 unspecified atom stereocenters. The van der Waals surface area contributed by atoms with Gasteiger partial charge in [-0.2, -0.15) is 0 Å². The molecule has 0 spiro atoms. The third kappa shape index (κ3) is 5.56. The highest BCUT2D eigenvalue weighted by molar-refractivity contribution is 7.92. The smallest absolute Gasteiger partial charge is 0.245 e. The first-order valence-electron chi connectivity index (χ1n) is 11.0.